The quantitative estimate of drug-likeness (QED) is 0.823. The summed E-state index contributed by atoms with van der Waals surface area (Å²) < 4.78 is 13.4. The molecule has 0 aliphatic carbocycles. The fraction of sp³-hybridized carbons (Fsp3) is 0.0769. The van der Waals surface area contributed by atoms with Gasteiger partial charge < -0.3 is 5.11 Å². The Morgan fingerprint density at radius 2 is 1.94 bits per heavy atom. The molecule has 0 bridgehead atoms. The van der Waals surface area contributed by atoms with Crippen LogP contribution in [0.2, 0.25) is 0 Å². The van der Waals surface area contributed by atoms with Crippen LogP contribution in [0.25, 0.3) is 11.3 Å². The minimum absolute atomic E-state index is 0.489. The number of allylic oxidation sites excluding steroid dienone is 1. The van der Waals surface area contributed by atoms with Crippen LogP contribution in [-0.2, 0) is 0 Å². The van der Waals surface area contributed by atoms with Crippen LogP contribution < -0.4 is 0 Å². The Morgan fingerprint density at radius 3 is 2.53 bits per heavy atom. The molecule has 17 heavy (non-hydrogen) atoms. The van der Waals surface area contributed by atoms with E-state index >= 15 is 0 Å². The third kappa shape index (κ3) is 2.66. The maximum atomic E-state index is 13.4. The first-order valence-electron chi connectivity index (χ1n) is 5.14. The molecule has 0 saturated heterocycles. The molecular formula is C13H11FN2O. The number of aliphatic hydroxyl groups is 1. The predicted molar refractivity (Wildman–Crippen MR) is 63.1 cm³/mol. The van der Waals surface area contributed by atoms with Gasteiger partial charge >= 0.3 is 0 Å². The van der Waals surface area contributed by atoms with Crippen molar-refractivity contribution in [2.75, 3.05) is 0 Å². The van der Waals surface area contributed by atoms with Gasteiger partial charge in [-0.1, -0.05) is 24.3 Å². The first-order valence-corrected chi connectivity index (χ1v) is 5.14. The van der Waals surface area contributed by atoms with Gasteiger partial charge in [0.2, 0.25) is 0 Å². The molecule has 0 spiro atoms. The third-order valence-electron chi connectivity index (χ3n) is 2.35. The van der Waals surface area contributed by atoms with Crippen molar-refractivity contribution in [2.24, 2.45) is 0 Å². The monoisotopic (exact) mass is 230 g/mol. The van der Waals surface area contributed by atoms with Crippen molar-refractivity contribution in [3.05, 3.63) is 60.5 Å². The lowest BCUT2D eigenvalue weighted by atomic mass is 10.1. The molecule has 0 amide bonds. The zero-order valence-corrected chi connectivity index (χ0v) is 8.99. The Bertz CT molecular complexity index is 497. The van der Waals surface area contributed by atoms with Crippen molar-refractivity contribution < 1.29 is 9.50 Å². The molecule has 1 aromatic heterocycles. The highest BCUT2D eigenvalue weighted by atomic mass is 19.1. The molecule has 1 atom stereocenters. The van der Waals surface area contributed by atoms with E-state index in [1.54, 1.807) is 36.5 Å². The molecule has 1 aromatic carbocycles. The molecule has 2 aromatic rings. The molecule has 4 heteroatoms. The van der Waals surface area contributed by atoms with Crippen LogP contribution in [0.4, 0.5) is 4.39 Å². The number of nitrogens with zero attached hydrogens (tertiary/aromatic N) is 2. The smallest absolute Gasteiger partial charge is 0.147 e. The zero-order chi connectivity index (χ0) is 12.1. The molecular weight excluding hydrogens is 219 g/mol. The molecule has 1 heterocycles. The first kappa shape index (κ1) is 11.3. The summed E-state index contributed by atoms with van der Waals surface area (Å²) in [5.74, 6) is 0. The van der Waals surface area contributed by atoms with Gasteiger partial charge in [-0.05, 0) is 23.8 Å². The normalized spacial score (nSPS) is 12.8. The van der Waals surface area contributed by atoms with Crippen LogP contribution >= 0.6 is 0 Å². The minimum atomic E-state index is -1.30. The number of aliphatic hydroxyl groups excluding tert-OH is 1. The van der Waals surface area contributed by atoms with Gasteiger partial charge in [-0.3, -0.25) is 0 Å². The highest BCUT2D eigenvalue weighted by Crippen LogP contribution is 2.22. The van der Waals surface area contributed by atoms with E-state index in [-0.39, 0.29) is 0 Å². The minimum Gasteiger partial charge on any atom is -0.516 e. The highest BCUT2D eigenvalue weighted by Gasteiger charge is 2.06. The molecule has 0 radical (unpaired) electrons. The number of alkyl halides is 1. The van der Waals surface area contributed by atoms with E-state index < -0.39 is 6.17 Å². The summed E-state index contributed by atoms with van der Waals surface area (Å²) in [6.07, 6.45) is 2.09. The second-order valence-corrected chi connectivity index (χ2v) is 3.47. The molecule has 1 N–H and O–H groups in total. The SMILES string of the molecule is O/C=C\C(F)c1ccc(-c2cccnn2)cc1. The summed E-state index contributed by atoms with van der Waals surface area (Å²) in [5, 5.41) is 16.2. The first-order chi connectivity index (χ1) is 8.31. The van der Waals surface area contributed by atoms with Crippen molar-refractivity contribution in [3.8, 4) is 11.3 Å². The summed E-state index contributed by atoms with van der Waals surface area (Å²) in [6, 6.07) is 10.5. The number of aromatic nitrogens is 2. The molecule has 2 rings (SSSR count). The lowest BCUT2D eigenvalue weighted by Gasteiger charge is -2.04. The van der Waals surface area contributed by atoms with Crippen LogP contribution in [0.1, 0.15) is 11.7 Å². The van der Waals surface area contributed by atoms with Crippen molar-refractivity contribution in [3.63, 3.8) is 0 Å². The van der Waals surface area contributed by atoms with Gasteiger partial charge in [-0.25, -0.2) is 4.39 Å². The van der Waals surface area contributed by atoms with Crippen LogP contribution in [0, 0.1) is 0 Å². The van der Waals surface area contributed by atoms with E-state index in [0.717, 1.165) is 17.3 Å². The van der Waals surface area contributed by atoms with Gasteiger partial charge in [0.15, 0.2) is 0 Å². The second-order valence-electron chi connectivity index (χ2n) is 3.47. The molecule has 0 aliphatic heterocycles. The second kappa shape index (κ2) is 5.21. The molecule has 0 saturated carbocycles. The van der Waals surface area contributed by atoms with Crippen LogP contribution in [0.15, 0.2) is 54.9 Å². The largest absolute Gasteiger partial charge is 0.516 e. The third-order valence-corrected chi connectivity index (χ3v) is 2.35. The van der Waals surface area contributed by atoms with Crippen LogP contribution in [0.3, 0.4) is 0 Å². The Labute approximate surface area is 98.3 Å². The van der Waals surface area contributed by atoms with E-state index in [1.165, 1.54) is 0 Å². The van der Waals surface area contributed by atoms with E-state index in [0.29, 0.717) is 11.8 Å². The van der Waals surface area contributed by atoms with Gasteiger partial charge in [0.1, 0.15) is 6.17 Å². The fourth-order valence-electron chi connectivity index (χ4n) is 1.48. The molecule has 1 unspecified atom stereocenters. The van der Waals surface area contributed by atoms with Gasteiger partial charge in [0.05, 0.1) is 12.0 Å². The number of halogens is 1. The molecule has 0 fully saturated rings. The van der Waals surface area contributed by atoms with E-state index in [1.807, 2.05) is 6.07 Å². The topological polar surface area (TPSA) is 46.0 Å². The number of hydrogen-bond donors (Lipinski definition) is 1. The summed E-state index contributed by atoms with van der Waals surface area (Å²) >= 11 is 0. The standard InChI is InChI=1S/C13H11FN2O/c14-12(7-9-17)10-3-5-11(6-4-10)13-2-1-8-15-16-13/h1-9,12,17H/b9-7-. The maximum Gasteiger partial charge on any atom is 0.147 e. The fourth-order valence-corrected chi connectivity index (χ4v) is 1.48. The summed E-state index contributed by atoms with van der Waals surface area (Å²) in [5.41, 5.74) is 2.11. The average Bonchev–Trinajstić information content (AvgIpc) is 2.40. The summed E-state index contributed by atoms with van der Waals surface area (Å²) in [7, 11) is 0. The summed E-state index contributed by atoms with van der Waals surface area (Å²) in [6.45, 7) is 0. The van der Waals surface area contributed by atoms with Gasteiger partial charge in [-0.15, -0.1) is 0 Å². The number of benzene rings is 1. The Kier molecular flexibility index (Phi) is 3.45. The predicted octanol–water partition coefficient (Wildman–Crippen LogP) is 3.23. The number of hydrogen-bond acceptors (Lipinski definition) is 3. The van der Waals surface area contributed by atoms with Crippen LogP contribution in [0.5, 0.6) is 0 Å². The van der Waals surface area contributed by atoms with Gasteiger partial charge in [0.25, 0.3) is 0 Å². The molecule has 3 nitrogen and oxygen atoms in total. The van der Waals surface area contributed by atoms with Crippen molar-refractivity contribution >= 4 is 0 Å². The van der Waals surface area contributed by atoms with Gasteiger partial charge in [-0.2, -0.15) is 10.2 Å². The number of rotatable bonds is 3. The van der Waals surface area contributed by atoms with Gasteiger partial charge in [0, 0.05) is 11.8 Å². The Hall–Kier alpha value is -2.23. The van der Waals surface area contributed by atoms with Crippen molar-refractivity contribution in [2.45, 2.75) is 6.17 Å². The lowest BCUT2D eigenvalue weighted by Crippen LogP contribution is -1.89. The zero-order valence-electron chi connectivity index (χ0n) is 8.99. The molecule has 0 aliphatic rings. The maximum absolute atomic E-state index is 13.4. The highest BCUT2D eigenvalue weighted by molar-refractivity contribution is 5.58. The van der Waals surface area contributed by atoms with E-state index in [9.17, 15) is 4.39 Å². The average molecular weight is 230 g/mol. The van der Waals surface area contributed by atoms with Crippen LogP contribution in [-0.4, -0.2) is 15.3 Å². The van der Waals surface area contributed by atoms with E-state index in [2.05, 4.69) is 10.2 Å². The van der Waals surface area contributed by atoms with Crippen molar-refractivity contribution in [1.82, 2.24) is 10.2 Å². The lowest BCUT2D eigenvalue weighted by molar-refractivity contribution is 0.396. The Balaban J connectivity index is 2.25. The Morgan fingerprint density at radius 1 is 1.18 bits per heavy atom. The van der Waals surface area contributed by atoms with E-state index in [4.69, 9.17) is 5.11 Å². The molecule has 86 valence electrons. The summed E-state index contributed by atoms with van der Waals surface area (Å²) in [4.78, 5) is 0. The van der Waals surface area contributed by atoms with Crippen molar-refractivity contribution in [1.29, 1.82) is 0 Å².